The van der Waals surface area contributed by atoms with Crippen molar-refractivity contribution in [2.75, 3.05) is 0 Å². The van der Waals surface area contributed by atoms with Crippen molar-refractivity contribution in [3.8, 4) is 5.69 Å². The first kappa shape index (κ1) is 19.6. The normalized spacial score (nSPS) is 15.2. The maximum absolute atomic E-state index is 13.1. The molecule has 1 saturated heterocycles. The first-order chi connectivity index (χ1) is 14.4. The average molecular weight is 423 g/mol. The minimum absolute atomic E-state index is 0.0493. The Morgan fingerprint density at radius 3 is 2.57 bits per heavy atom. The molecule has 30 heavy (non-hydrogen) atoms. The molecule has 4 rings (SSSR count). The Bertz CT molecular complexity index is 1190. The van der Waals surface area contributed by atoms with Crippen LogP contribution in [0.5, 0.6) is 0 Å². The molecule has 1 aliphatic rings. The van der Waals surface area contributed by atoms with Crippen LogP contribution < -0.4 is 0 Å². The Morgan fingerprint density at radius 2 is 1.83 bits per heavy atom. The number of benzene rings is 2. The van der Waals surface area contributed by atoms with E-state index in [1.165, 1.54) is 36.4 Å². The zero-order valence-corrected chi connectivity index (χ0v) is 16.2. The predicted molar refractivity (Wildman–Crippen MR) is 110 cm³/mol. The van der Waals surface area contributed by atoms with Crippen LogP contribution in [0.25, 0.3) is 11.8 Å². The van der Waals surface area contributed by atoms with Crippen molar-refractivity contribution in [1.82, 2.24) is 9.47 Å². The highest BCUT2D eigenvalue weighted by molar-refractivity contribution is 8.18. The highest BCUT2D eigenvalue weighted by Gasteiger charge is 2.35. The first-order valence-corrected chi connectivity index (χ1v) is 9.66. The van der Waals surface area contributed by atoms with E-state index in [9.17, 15) is 24.1 Å². The van der Waals surface area contributed by atoms with Gasteiger partial charge in [0.2, 0.25) is 0 Å². The topological polar surface area (TPSA) is 85.5 Å². The Morgan fingerprint density at radius 1 is 1.07 bits per heavy atom. The van der Waals surface area contributed by atoms with Crippen LogP contribution in [-0.4, -0.2) is 25.5 Å². The van der Waals surface area contributed by atoms with Gasteiger partial charge in [-0.2, -0.15) is 0 Å². The summed E-state index contributed by atoms with van der Waals surface area (Å²) in [7, 11) is 0. The van der Waals surface area contributed by atoms with Crippen molar-refractivity contribution < 1.29 is 18.9 Å². The lowest BCUT2D eigenvalue weighted by atomic mass is 10.2. The summed E-state index contributed by atoms with van der Waals surface area (Å²) in [6, 6.07) is 15.2. The molecule has 0 saturated carbocycles. The maximum Gasteiger partial charge on any atom is 0.293 e. The second-order valence-electron chi connectivity index (χ2n) is 6.47. The van der Waals surface area contributed by atoms with Crippen LogP contribution in [0.4, 0.5) is 14.9 Å². The summed E-state index contributed by atoms with van der Waals surface area (Å²) in [5.74, 6) is -0.837. The fraction of sp³-hybridized carbons (Fsp3) is 0.0476. The predicted octanol–water partition coefficient (Wildman–Crippen LogP) is 4.76. The quantitative estimate of drug-likeness (QED) is 0.336. The molecule has 2 heterocycles. The molecule has 0 aliphatic carbocycles. The molecule has 0 radical (unpaired) electrons. The standard InChI is InChI=1S/C21H14FN3O4S/c22-15-8-6-14(7-9-15)13-24-20(26)19(30-21(24)27)12-17-5-2-10-23(17)16-3-1-4-18(11-16)25(28)29/h1-12H,13H2/b19-12-. The van der Waals surface area contributed by atoms with E-state index in [0.29, 0.717) is 16.9 Å². The molecule has 2 aromatic carbocycles. The van der Waals surface area contributed by atoms with Gasteiger partial charge in [-0.3, -0.25) is 24.6 Å². The Balaban J connectivity index is 1.60. The van der Waals surface area contributed by atoms with Crippen LogP contribution in [0.2, 0.25) is 0 Å². The lowest BCUT2D eigenvalue weighted by Crippen LogP contribution is -2.27. The van der Waals surface area contributed by atoms with Gasteiger partial charge in [0, 0.05) is 24.0 Å². The molecule has 0 atom stereocenters. The number of hydrogen-bond donors (Lipinski definition) is 0. The van der Waals surface area contributed by atoms with E-state index in [2.05, 4.69) is 0 Å². The van der Waals surface area contributed by atoms with E-state index in [4.69, 9.17) is 0 Å². The highest BCUT2D eigenvalue weighted by atomic mass is 32.2. The number of carbonyl (C=O) groups is 2. The van der Waals surface area contributed by atoms with Crippen molar-refractivity contribution in [3.63, 3.8) is 0 Å². The minimum atomic E-state index is -0.479. The molecule has 1 aliphatic heterocycles. The summed E-state index contributed by atoms with van der Waals surface area (Å²) in [6.07, 6.45) is 3.29. The molecule has 0 unspecified atom stereocenters. The summed E-state index contributed by atoms with van der Waals surface area (Å²) >= 11 is 0.817. The summed E-state index contributed by atoms with van der Waals surface area (Å²) in [5.41, 5.74) is 1.75. The SMILES string of the molecule is O=C1S/C(=C\c2cccn2-c2cccc([N+](=O)[O-])c2)C(=O)N1Cc1ccc(F)cc1. The van der Waals surface area contributed by atoms with E-state index >= 15 is 0 Å². The molecule has 3 aromatic rings. The van der Waals surface area contributed by atoms with E-state index in [0.717, 1.165) is 16.7 Å². The number of hydrogen-bond acceptors (Lipinski definition) is 5. The Kier molecular flexibility index (Phi) is 5.20. The third-order valence-electron chi connectivity index (χ3n) is 4.51. The molecule has 0 N–H and O–H groups in total. The maximum atomic E-state index is 13.1. The number of nitro groups is 1. The van der Waals surface area contributed by atoms with Gasteiger partial charge in [0.15, 0.2) is 0 Å². The molecule has 150 valence electrons. The van der Waals surface area contributed by atoms with Gasteiger partial charge in [-0.05, 0) is 53.7 Å². The number of carbonyl (C=O) groups excluding carboxylic acids is 2. The minimum Gasteiger partial charge on any atom is -0.317 e. The van der Waals surface area contributed by atoms with Crippen LogP contribution in [0.15, 0.2) is 71.8 Å². The monoisotopic (exact) mass is 423 g/mol. The zero-order chi connectivity index (χ0) is 21.3. The van der Waals surface area contributed by atoms with Crippen LogP contribution in [0.1, 0.15) is 11.3 Å². The fourth-order valence-electron chi connectivity index (χ4n) is 3.05. The van der Waals surface area contributed by atoms with Crippen molar-refractivity contribution in [1.29, 1.82) is 0 Å². The lowest BCUT2D eigenvalue weighted by Gasteiger charge is -2.12. The Labute approximate surface area is 174 Å². The zero-order valence-electron chi connectivity index (χ0n) is 15.4. The van der Waals surface area contributed by atoms with Gasteiger partial charge in [0.25, 0.3) is 16.8 Å². The van der Waals surface area contributed by atoms with Crippen LogP contribution >= 0.6 is 11.8 Å². The summed E-state index contributed by atoms with van der Waals surface area (Å²) in [5, 5.41) is 10.6. The second-order valence-corrected chi connectivity index (χ2v) is 7.47. The molecular formula is C21H14FN3O4S. The smallest absolute Gasteiger partial charge is 0.293 e. The number of amides is 2. The summed E-state index contributed by atoms with van der Waals surface area (Å²) in [6.45, 7) is 0.0498. The van der Waals surface area contributed by atoms with Crippen molar-refractivity contribution >= 4 is 34.7 Å². The van der Waals surface area contributed by atoms with E-state index < -0.39 is 21.9 Å². The van der Waals surface area contributed by atoms with Crippen LogP contribution in [0.3, 0.4) is 0 Å². The number of nitro benzene ring substituents is 1. The van der Waals surface area contributed by atoms with Crippen molar-refractivity contribution in [3.05, 3.63) is 99.0 Å². The largest absolute Gasteiger partial charge is 0.317 e. The lowest BCUT2D eigenvalue weighted by molar-refractivity contribution is -0.384. The van der Waals surface area contributed by atoms with E-state index in [1.54, 1.807) is 41.1 Å². The molecule has 0 spiro atoms. The molecule has 1 aromatic heterocycles. The van der Waals surface area contributed by atoms with Gasteiger partial charge in [-0.25, -0.2) is 4.39 Å². The number of thioether (sulfide) groups is 1. The van der Waals surface area contributed by atoms with Gasteiger partial charge >= 0.3 is 0 Å². The highest BCUT2D eigenvalue weighted by Crippen LogP contribution is 2.34. The number of imide groups is 1. The van der Waals surface area contributed by atoms with Crippen LogP contribution in [-0.2, 0) is 11.3 Å². The molecule has 0 bridgehead atoms. The van der Waals surface area contributed by atoms with Crippen molar-refractivity contribution in [2.24, 2.45) is 0 Å². The van der Waals surface area contributed by atoms with Crippen molar-refractivity contribution in [2.45, 2.75) is 6.54 Å². The molecule has 1 fully saturated rings. The molecule has 7 nitrogen and oxygen atoms in total. The van der Waals surface area contributed by atoms with E-state index in [-0.39, 0.29) is 17.1 Å². The average Bonchev–Trinajstić information content (AvgIpc) is 3.30. The fourth-order valence-corrected chi connectivity index (χ4v) is 3.87. The first-order valence-electron chi connectivity index (χ1n) is 8.84. The molecular weight excluding hydrogens is 409 g/mol. The second kappa shape index (κ2) is 7.96. The van der Waals surface area contributed by atoms with Gasteiger partial charge in [0.1, 0.15) is 5.82 Å². The third kappa shape index (κ3) is 3.87. The number of rotatable bonds is 5. The summed E-state index contributed by atoms with van der Waals surface area (Å²) in [4.78, 5) is 37.0. The number of halogens is 1. The van der Waals surface area contributed by atoms with Gasteiger partial charge < -0.3 is 4.57 Å². The third-order valence-corrected chi connectivity index (χ3v) is 5.41. The van der Waals surface area contributed by atoms with Gasteiger partial charge in [0.05, 0.1) is 22.1 Å². The number of non-ortho nitro benzene ring substituents is 1. The Hall–Kier alpha value is -3.72. The van der Waals surface area contributed by atoms with Gasteiger partial charge in [-0.1, -0.05) is 18.2 Å². The summed E-state index contributed by atoms with van der Waals surface area (Å²) < 4.78 is 14.8. The van der Waals surface area contributed by atoms with Gasteiger partial charge in [-0.15, -0.1) is 0 Å². The number of nitrogens with zero attached hydrogens (tertiary/aromatic N) is 3. The molecule has 2 amide bonds. The molecule has 9 heteroatoms. The van der Waals surface area contributed by atoms with Crippen LogP contribution in [0, 0.1) is 15.9 Å². The number of aromatic nitrogens is 1. The van der Waals surface area contributed by atoms with E-state index in [1.807, 2.05) is 0 Å².